The van der Waals surface area contributed by atoms with Gasteiger partial charge in [-0.05, 0) is 12.5 Å². The van der Waals surface area contributed by atoms with E-state index in [1.165, 1.54) is 10.9 Å². The molecule has 0 amide bonds. The molecular weight excluding hydrogens is 169 g/mol. The average molecular weight is 178 g/mol. The lowest BCUT2D eigenvalue weighted by atomic mass is 10.4. The predicted octanol–water partition coefficient (Wildman–Crippen LogP) is 2.31. The molecule has 0 unspecified atom stereocenters. The van der Waals surface area contributed by atoms with Crippen molar-refractivity contribution in [3.8, 4) is 0 Å². The molecule has 2 nitrogen and oxygen atoms in total. The fraction of sp³-hybridized carbons (Fsp3) is 0.571. The highest BCUT2D eigenvalue weighted by Gasteiger charge is 2.33. The van der Waals surface area contributed by atoms with Gasteiger partial charge in [-0.2, -0.15) is 18.3 Å². The molecule has 0 N–H and O–H groups in total. The number of halogens is 3. The summed E-state index contributed by atoms with van der Waals surface area (Å²) in [5.74, 6) is 0. The molecule has 0 atom stereocenters. The van der Waals surface area contributed by atoms with Gasteiger partial charge in [-0.25, -0.2) is 0 Å². The quantitative estimate of drug-likeness (QED) is 0.679. The Morgan fingerprint density at radius 3 is 2.58 bits per heavy atom. The highest BCUT2D eigenvalue weighted by molar-refractivity contribution is 5.02. The van der Waals surface area contributed by atoms with Gasteiger partial charge >= 0.3 is 6.18 Å². The first-order valence-electron chi connectivity index (χ1n) is 3.64. The summed E-state index contributed by atoms with van der Waals surface area (Å²) in [5, 5.41) is 3.36. The van der Waals surface area contributed by atoms with E-state index >= 15 is 0 Å². The first-order valence-corrected chi connectivity index (χ1v) is 3.64. The summed E-state index contributed by atoms with van der Waals surface area (Å²) < 4.78 is 37.2. The molecule has 0 aliphatic heterocycles. The van der Waals surface area contributed by atoms with Crippen molar-refractivity contribution in [3.63, 3.8) is 0 Å². The van der Waals surface area contributed by atoms with Crippen LogP contribution in [0.4, 0.5) is 13.2 Å². The van der Waals surface area contributed by atoms with Gasteiger partial charge in [0, 0.05) is 12.7 Å². The van der Waals surface area contributed by atoms with Gasteiger partial charge in [0.15, 0.2) is 5.69 Å². The molecule has 0 radical (unpaired) electrons. The summed E-state index contributed by atoms with van der Waals surface area (Å²) >= 11 is 0. The molecule has 5 heteroatoms. The van der Waals surface area contributed by atoms with Crippen molar-refractivity contribution in [2.45, 2.75) is 26.1 Å². The van der Waals surface area contributed by atoms with Gasteiger partial charge in [0.25, 0.3) is 0 Å². The van der Waals surface area contributed by atoms with Gasteiger partial charge < -0.3 is 0 Å². The molecule has 12 heavy (non-hydrogen) atoms. The monoisotopic (exact) mass is 178 g/mol. The second-order valence-electron chi connectivity index (χ2n) is 2.46. The van der Waals surface area contributed by atoms with Crippen LogP contribution in [0.5, 0.6) is 0 Å². The first-order chi connectivity index (χ1) is 5.54. The molecule has 0 saturated carbocycles. The van der Waals surface area contributed by atoms with Gasteiger partial charge in [-0.3, -0.25) is 4.68 Å². The number of aryl methyl sites for hydroxylation is 1. The molecule has 0 spiro atoms. The summed E-state index contributed by atoms with van der Waals surface area (Å²) in [6.45, 7) is 2.41. The maximum atomic E-state index is 12.0. The summed E-state index contributed by atoms with van der Waals surface area (Å²) in [6.07, 6.45) is -2.20. The van der Waals surface area contributed by atoms with Crippen LogP contribution >= 0.6 is 0 Å². The lowest BCUT2D eigenvalue weighted by Crippen LogP contribution is -2.07. The maximum absolute atomic E-state index is 12.0. The normalized spacial score (nSPS) is 12.0. The van der Waals surface area contributed by atoms with Crippen LogP contribution in [-0.4, -0.2) is 9.78 Å². The van der Waals surface area contributed by atoms with Crippen LogP contribution in [0.15, 0.2) is 12.3 Å². The van der Waals surface area contributed by atoms with Crippen molar-refractivity contribution in [3.05, 3.63) is 18.0 Å². The number of hydrogen-bond donors (Lipinski definition) is 0. The van der Waals surface area contributed by atoms with Crippen molar-refractivity contribution in [1.29, 1.82) is 0 Å². The second-order valence-corrected chi connectivity index (χ2v) is 2.46. The minimum atomic E-state index is -4.32. The lowest BCUT2D eigenvalue weighted by molar-refractivity contribution is -0.141. The van der Waals surface area contributed by atoms with Crippen LogP contribution in [0.1, 0.15) is 19.0 Å². The number of nitrogens with zero attached hydrogens (tertiary/aromatic N) is 2. The maximum Gasteiger partial charge on any atom is 0.435 e. The lowest BCUT2D eigenvalue weighted by Gasteiger charge is -2.00. The van der Waals surface area contributed by atoms with Crippen LogP contribution in [0.3, 0.4) is 0 Å². The van der Waals surface area contributed by atoms with Crippen LogP contribution < -0.4 is 0 Å². The predicted molar refractivity (Wildman–Crippen MR) is 37.5 cm³/mol. The van der Waals surface area contributed by atoms with E-state index in [1.54, 1.807) is 0 Å². The van der Waals surface area contributed by atoms with E-state index in [0.717, 1.165) is 12.5 Å². The van der Waals surface area contributed by atoms with Gasteiger partial charge in [0.2, 0.25) is 0 Å². The van der Waals surface area contributed by atoms with Gasteiger partial charge in [0.05, 0.1) is 0 Å². The van der Waals surface area contributed by atoms with Crippen LogP contribution in [-0.2, 0) is 12.7 Å². The third-order valence-electron chi connectivity index (χ3n) is 1.38. The fourth-order valence-electron chi connectivity index (χ4n) is 0.867. The van der Waals surface area contributed by atoms with Crippen LogP contribution in [0.25, 0.3) is 0 Å². The SMILES string of the molecule is CCCn1ccc(C(F)(F)F)n1. The Bertz CT molecular complexity index is 251. The Balaban J connectivity index is 2.77. The fourth-order valence-corrected chi connectivity index (χ4v) is 0.867. The highest BCUT2D eigenvalue weighted by atomic mass is 19.4. The topological polar surface area (TPSA) is 17.8 Å². The number of alkyl halides is 3. The van der Waals surface area contributed by atoms with E-state index in [4.69, 9.17) is 0 Å². The molecule has 0 aromatic carbocycles. The van der Waals surface area contributed by atoms with E-state index in [1.807, 2.05) is 6.92 Å². The van der Waals surface area contributed by atoms with Crippen LogP contribution in [0, 0.1) is 0 Å². The van der Waals surface area contributed by atoms with Gasteiger partial charge in [0.1, 0.15) is 0 Å². The molecule has 0 bridgehead atoms. The zero-order valence-electron chi connectivity index (χ0n) is 6.60. The van der Waals surface area contributed by atoms with Crippen molar-refractivity contribution in [1.82, 2.24) is 9.78 Å². The Kier molecular flexibility index (Phi) is 2.40. The van der Waals surface area contributed by atoms with Crippen molar-refractivity contribution in [2.75, 3.05) is 0 Å². The first kappa shape index (κ1) is 9.09. The molecule has 1 heterocycles. The van der Waals surface area contributed by atoms with Crippen molar-refractivity contribution in [2.24, 2.45) is 0 Å². The zero-order valence-corrected chi connectivity index (χ0v) is 6.60. The van der Waals surface area contributed by atoms with E-state index < -0.39 is 11.9 Å². The standard InChI is InChI=1S/C7H9F3N2/c1-2-4-12-5-3-6(11-12)7(8,9)10/h3,5H,2,4H2,1H3. The van der Waals surface area contributed by atoms with Crippen molar-refractivity contribution >= 4 is 0 Å². The van der Waals surface area contributed by atoms with E-state index in [9.17, 15) is 13.2 Å². The largest absolute Gasteiger partial charge is 0.435 e. The molecular formula is C7H9F3N2. The minimum absolute atomic E-state index is 0.524. The summed E-state index contributed by atoms with van der Waals surface area (Å²) in [6, 6.07) is 0.982. The highest BCUT2D eigenvalue weighted by Crippen LogP contribution is 2.27. The summed E-state index contributed by atoms with van der Waals surface area (Å²) in [5.41, 5.74) is -0.823. The Labute approximate surface area is 68.0 Å². The molecule has 0 fully saturated rings. The van der Waals surface area contributed by atoms with Gasteiger partial charge in [-0.1, -0.05) is 6.92 Å². The molecule has 1 aromatic heterocycles. The number of aromatic nitrogens is 2. The van der Waals surface area contributed by atoms with Crippen LogP contribution in [0.2, 0.25) is 0 Å². The molecule has 0 saturated heterocycles. The molecule has 0 aliphatic carbocycles. The van der Waals surface area contributed by atoms with E-state index in [0.29, 0.717) is 6.54 Å². The Hall–Kier alpha value is -1.00. The minimum Gasteiger partial charge on any atom is -0.272 e. The Morgan fingerprint density at radius 2 is 2.17 bits per heavy atom. The number of hydrogen-bond acceptors (Lipinski definition) is 1. The summed E-state index contributed by atoms with van der Waals surface area (Å²) in [7, 11) is 0. The average Bonchev–Trinajstić information content (AvgIpc) is 2.35. The summed E-state index contributed by atoms with van der Waals surface area (Å²) in [4.78, 5) is 0. The van der Waals surface area contributed by atoms with Gasteiger partial charge in [-0.15, -0.1) is 0 Å². The smallest absolute Gasteiger partial charge is 0.272 e. The second kappa shape index (κ2) is 3.16. The van der Waals surface area contributed by atoms with E-state index in [-0.39, 0.29) is 0 Å². The third-order valence-corrected chi connectivity index (χ3v) is 1.38. The molecule has 68 valence electrons. The Morgan fingerprint density at radius 1 is 1.50 bits per heavy atom. The molecule has 1 aromatic rings. The van der Waals surface area contributed by atoms with E-state index in [2.05, 4.69) is 5.10 Å². The number of rotatable bonds is 2. The molecule has 1 rings (SSSR count). The zero-order chi connectivity index (χ0) is 9.19. The molecule has 0 aliphatic rings. The third kappa shape index (κ3) is 1.99. The van der Waals surface area contributed by atoms with Crippen molar-refractivity contribution < 1.29 is 13.2 Å².